The van der Waals surface area contributed by atoms with Crippen LogP contribution in [0.3, 0.4) is 0 Å². The molecule has 4 nitrogen and oxygen atoms in total. The van der Waals surface area contributed by atoms with Crippen molar-refractivity contribution in [2.24, 2.45) is 0 Å². The minimum absolute atomic E-state index is 0.126. The number of hydrogen-bond donors (Lipinski definition) is 1. The molecule has 0 amide bonds. The molecule has 1 aliphatic carbocycles. The lowest BCUT2D eigenvalue weighted by atomic mass is 9.92. The number of nitrogens with one attached hydrogen (secondary N) is 1. The molecule has 2 rings (SSSR count). The lowest BCUT2D eigenvalue weighted by Crippen LogP contribution is -2.38. The highest BCUT2D eigenvalue weighted by molar-refractivity contribution is 5.31. The average Bonchev–Trinajstić information content (AvgIpc) is 2.23. The molecule has 1 aromatic rings. The van der Waals surface area contributed by atoms with Gasteiger partial charge in [-0.05, 0) is 40.0 Å². The summed E-state index contributed by atoms with van der Waals surface area (Å²) in [5.74, 6) is 0.846. The highest BCUT2D eigenvalue weighted by Gasteiger charge is 2.23. The summed E-state index contributed by atoms with van der Waals surface area (Å²) in [5, 5.41) is 3.44. The second-order valence-electron chi connectivity index (χ2n) is 6.19. The number of nitrogens with zero attached hydrogens (tertiary/aromatic N) is 3. The van der Waals surface area contributed by atoms with Gasteiger partial charge in [0.1, 0.15) is 0 Å². The van der Waals surface area contributed by atoms with Crippen molar-refractivity contribution in [3.05, 3.63) is 18.0 Å². The summed E-state index contributed by atoms with van der Waals surface area (Å²) in [5.41, 5.74) is 1.26. The van der Waals surface area contributed by atoms with Crippen LogP contribution in [0.2, 0.25) is 0 Å². The van der Waals surface area contributed by atoms with Gasteiger partial charge in [0.05, 0.1) is 0 Å². The molecule has 0 saturated heterocycles. The van der Waals surface area contributed by atoms with E-state index in [1.54, 1.807) is 0 Å². The Hall–Kier alpha value is -1.16. The van der Waals surface area contributed by atoms with E-state index in [9.17, 15) is 0 Å². The van der Waals surface area contributed by atoms with E-state index >= 15 is 0 Å². The fraction of sp³-hybridized carbons (Fsp3) is 0.714. The van der Waals surface area contributed by atoms with E-state index in [-0.39, 0.29) is 5.54 Å². The van der Waals surface area contributed by atoms with Crippen molar-refractivity contribution in [1.82, 2.24) is 15.3 Å². The minimum Gasteiger partial charge on any atom is -0.341 e. The first-order valence-corrected chi connectivity index (χ1v) is 6.74. The number of anilines is 1. The maximum atomic E-state index is 4.46. The van der Waals surface area contributed by atoms with Crippen molar-refractivity contribution in [3.8, 4) is 0 Å². The second kappa shape index (κ2) is 5.22. The van der Waals surface area contributed by atoms with E-state index in [1.807, 2.05) is 12.4 Å². The van der Waals surface area contributed by atoms with Gasteiger partial charge in [-0.3, -0.25) is 0 Å². The van der Waals surface area contributed by atoms with Gasteiger partial charge in [0, 0.05) is 43.1 Å². The minimum atomic E-state index is 0.126. The van der Waals surface area contributed by atoms with Crippen LogP contribution in [0.15, 0.2) is 12.4 Å². The summed E-state index contributed by atoms with van der Waals surface area (Å²) in [6, 6.07) is 0.642. The largest absolute Gasteiger partial charge is 0.341 e. The topological polar surface area (TPSA) is 41.1 Å². The highest BCUT2D eigenvalue weighted by Crippen LogP contribution is 2.25. The maximum Gasteiger partial charge on any atom is 0.225 e. The summed E-state index contributed by atoms with van der Waals surface area (Å²) in [6.07, 6.45) is 7.73. The second-order valence-corrected chi connectivity index (χ2v) is 6.19. The van der Waals surface area contributed by atoms with Crippen LogP contribution < -0.4 is 10.2 Å². The monoisotopic (exact) mass is 248 g/mol. The van der Waals surface area contributed by atoms with Crippen LogP contribution in [0.5, 0.6) is 0 Å². The molecule has 0 radical (unpaired) electrons. The molecule has 0 unspecified atom stereocenters. The summed E-state index contributed by atoms with van der Waals surface area (Å²) in [7, 11) is 2.09. The van der Waals surface area contributed by atoms with Crippen molar-refractivity contribution < 1.29 is 0 Å². The van der Waals surface area contributed by atoms with Crippen LogP contribution in [0.1, 0.15) is 45.6 Å². The predicted molar refractivity (Wildman–Crippen MR) is 74.7 cm³/mol. The third kappa shape index (κ3) is 3.42. The van der Waals surface area contributed by atoms with Gasteiger partial charge in [-0.15, -0.1) is 0 Å². The lowest BCUT2D eigenvalue weighted by molar-refractivity contribution is 0.396. The van der Waals surface area contributed by atoms with Crippen LogP contribution in [0.4, 0.5) is 5.95 Å². The van der Waals surface area contributed by atoms with Gasteiger partial charge in [-0.25, -0.2) is 9.97 Å². The van der Waals surface area contributed by atoms with Gasteiger partial charge < -0.3 is 10.2 Å². The van der Waals surface area contributed by atoms with E-state index in [0.717, 1.165) is 18.1 Å². The molecule has 18 heavy (non-hydrogen) atoms. The summed E-state index contributed by atoms with van der Waals surface area (Å²) in [6.45, 7) is 7.29. The zero-order chi connectivity index (χ0) is 13.2. The van der Waals surface area contributed by atoms with E-state index in [2.05, 4.69) is 48.0 Å². The normalized spacial score (nSPS) is 16.4. The quantitative estimate of drug-likeness (QED) is 0.888. The molecule has 0 atom stereocenters. The van der Waals surface area contributed by atoms with Crippen molar-refractivity contribution >= 4 is 5.95 Å². The molecule has 1 aromatic heterocycles. The Morgan fingerprint density at radius 1 is 1.28 bits per heavy atom. The zero-order valence-electron chi connectivity index (χ0n) is 11.9. The van der Waals surface area contributed by atoms with E-state index in [0.29, 0.717) is 6.04 Å². The first-order valence-electron chi connectivity index (χ1n) is 6.74. The van der Waals surface area contributed by atoms with Crippen molar-refractivity contribution in [1.29, 1.82) is 0 Å². The van der Waals surface area contributed by atoms with Gasteiger partial charge in [0.15, 0.2) is 0 Å². The fourth-order valence-corrected chi connectivity index (χ4v) is 1.93. The van der Waals surface area contributed by atoms with E-state index in [1.165, 1.54) is 19.3 Å². The highest BCUT2D eigenvalue weighted by atomic mass is 15.3. The smallest absolute Gasteiger partial charge is 0.225 e. The molecule has 1 N–H and O–H groups in total. The molecular weight excluding hydrogens is 224 g/mol. The predicted octanol–water partition coefficient (Wildman–Crippen LogP) is 2.35. The molecule has 0 spiro atoms. The van der Waals surface area contributed by atoms with Crippen molar-refractivity contribution in [3.63, 3.8) is 0 Å². The first kappa shape index (κ1) is 13.3. The fourth-order valence-electron chi connectivity index (χ4n) is 1.93. The van der Waals surface area contributed by atoms with Crippen LogP contribution in [-0.4, -0.2) is 28.6 Å². The van der Waals surface area contributed by atoms with Gasteiger partial charge in [0.2, 0.25) is 5.95 Å². The SMILES string of the molecule is CN(c1ncc(CNC(C)(C)C)cn1)C1CCC1. The Morgan fingerprint density at radius 2 is 1.89 bits per heavy atom. The van der Waals surface area contributed by atoms with Crippen LogP contribution in [0, 0.1) is 0 Å². The Kier molecular flexibility index (Phi) is 3.85. The standard InChI is InChI=1S/C14H24N4/c1-14(2,3)17-10-11-8-15-13(16-9-11)18(4)12-6-5-7-12/h8-9,12,17H,5-7,10H2,1-4H3. The summed E-state index contributed by atoms with van der Waals surface area (Å²) >= 11 is 0. The average molecular weight is 248 g/mol. The van der Waals surface area contributed by atoms with Gasteiger partial charge in [-0.2, -0.15) is 0 Å². The molecule has 1 saturated carbocycles. The molecule has 0 aliphatic heterocycles. The van der Waals surface area contributed by atoms with E-state index in [4.69, 9.17) is 0 Å². The van der Waals surface area contributed by atoms with Crippen LogP contribution >= 0.6 is 0 Å². The molecule has 0 bridgehead atoms. The van der Waals surface area contributed by atoms with Crippen LogP contribution in [-0.2, 0) is 6.54 Å². The zero-order valence-corrected chi connectivity index (χ0v) is 11.9. The molecular formula is C14H24N4. The van der Waals surface area contributed by atoms with Crippen molar-refractivity contribution in [2.45, 2.75) is 58.2 Å². The lowest BCUT2D eigenvalue weighted by Gasteiger charge is -2.34. The van der Waals surface area contributed by atoms with Crippen LogP contribution in [0.25, 0.3) is 0 Å². The Balaban J connectivity index is 1.92. The summed E-state index contributed by atoms with van der Waals surface area (Å²) in [4.78, 5) is 11.1. The Bertz CT molecular complexity index is 376. The number of hydrogen-bond acceptors (Lipinski definition) is 4. The van der Waals surface area contributed by atoms with Gasteiger partial charge >= 0.3 is 0 Å². The van der Waals surface area contributed by atoms with Gasteiger partial charge in [0.25, 0.3) is 0 Å². The third-order valence-corrected chi connectivity index (χ3v) is 3.45. The Labute approximate surface area is 110 Å². The molecule has 4 heteroatoms. The van der Waals surface area contributed by atoms with Crippen molar-refractivity contribution in [2.75, 3.05) is 11.9 Å². The maximum absolute atomic E-state index is 4.46. The molecule has 100 valence electrons. The molecule has 1 aliphatic rings. The summed E-state index contributed by atoms with van der Waals surface area (Å²) < 4.78 is 0. The van der Waals surface area contributed by atoms with Gasteiger partial charge in [-0.1, -0.05) is 0 Å². The number of aromatic nitrogens is 2. The first-order chi connectivity index (χ1) is 8.46. The Morgan fingerprint density at radius 3 is 2.33 bits per heavy atom. The van der Waals surface area contributed by atoms with E-state index < -0.39 is 0 Å². The third-order valence-electron chi connectivity index (χ3n) is 3.45. The molecule has 1 heterocycles. The molecule has 0 aromatic carbocycles. The number of rotatable bonds is 4. The molecule has 1 fully saturated rings.